The highest BCUT2D eigenvalue weighted by molar-refractivity contribution is 5.77. The standard InChI is InChI=1S/C22H28N2O3/c1-17-7-9-19(10-8-17)13-23-15-22(27)16-24(14-20(22)25)21(26)12-11-18-5-3-2-4-6-18/h2-10,20,23,25,27H,11-16H2,1H3/t20-,22+/m1/s1. The van der Waals surface area contributed by atoms with Crippen molar-refractivity contribution in [1.82, 2.24) is 10.2 Å². The molecule has 27 heavy (non-hydrogen) atoms. The quantitative estimate of drug-likeness (QED) is 0.695. The number of hydrogen-bond donors (Lipinski definition) is 3. The highest BCUT2D eigenvalue weighted by Crippen LogP contribution is 2.22. The van der Waals surface area contributed by atoms with Gasteiger partial charge in [0.25, 0.3) is 0 Å². The number of carbonyl (C=O) groups excluding carboxylic acids is 1. The third kappa shape index (κ3) is 5.16. The molecule has 0 spiro atoms. The molecule has 2 aromatic carbocycles. The van der Waals surface area contributed by atoms with Crippen LogP contribution in [0.15, 0.2) is 54.6 Å². The third-order valence-corrected chi connectivity index (χ3v) is 5.18. The van der Waals surface area contributed by atoms with Gasteiger partial charge in [0, 0.05) is 26.1 Å². The molecule has 1 heterocycles. The summed E-state index contributed by atoms with van der Waals surface area (Å²) in [5.74, 6) is -0.0348. The average Bonchev–Trinajstić information content (AvgIpc) is 2.97. The molecule has 2 aromatic rings. The first-order chi connectivity index (χ1) is 13.0. The van der Waals surface area contributed by atoms with E-state index in [4.69, 9.17) is 0 Å². The fourth-order valence-electron chi connectivity index (χ4n) is 3.43. The SMILES string of the molecule is Cc1ccc(CNC[C@]2(O)CN(C(=O)CCc3ccccc3)C[C@H]2O)cc1. The lowest BCUT2D eigenvalue weighted by Gasteiger charge is -2.26. The maximum Gasteiger partial charge on any atom is 0.223 e. The lowest BCUT2D eigenvalue weighted by atomic mass is 10.0. The molecule has 144 valence electrons. The van der Waals surface area contributed by atoms with E-state index in [1.54, 1.807) is 4.90 Å². The van der Waals surface area contributed by atoms with E-state index in [0.29, 0.717) is 19.4 Å². The first-order valence-electron chi connectivity index (χ1n) is 9.45. The predicted octanol–water partition coefficient (Wildman–Crippen LogP) is 1.65. The van der Waals surface area contributed by atoms with Gasteiger partial charge in [0.2, 0.25) is 5.91 Å². The first-order valence-corrected chi connectivity index (χ1v) is 9.45. The van der Waals surface area contributed by atoms with E-state index in [0.717, 1.165) is 11.1 Å². The van der Waals surface area contributed by atoms with Crippen LogP contribution in [0.2, 0.25) is 0 Å². The van der Waals surface area contributed by atoms with Gasteiger partial charge < -0.3 is 20.4 Å². The number of β-amino-alcohol motifs (C(OH)–C–C–N with tert-alkyl or cyclic N) is 2. The molecule has 1 amide bonds. The lowest BCUT2D eigenvalue weighted by molar-refractivity contribution is -0.131. The van der Waals surface area contributed by atoms with Crippen molar-refractivity contribution < 1.29 is 15.0 Å². The molecule has 0 bridgehead atoms. The Morgan fingerprint density at radius 3 is 2.56 bits per heavy atom. The summed E-state index contributed by atoms with van der Waals surface area (Å²) in [5, 5.41) is 24.3. The molecule has 1 saturated heterocycles. The van der Waals surface area contributed by atoms with Crippen LogP contribution in [-0.2, 0) is 17.8 Å². The molecule has 3 rings (SSSR count). The summed E-state index contributed by atoms with van der Waals surface area (Å²) in [4.78, 5) is 14.0. The zero-order valence-corrected chi connectivity index (χ0v) is 15.8. The second-order valence-corrected chi connectivity index (χ2v) is 7.47. The lowest BCUT2D eigenvalue weighted by Crippen LogP contribution is -2.50. The number of aliphatic hydroxyl groups is 2. The maximum atomic E-state index is 12.5. The van der Waals surface area contributed by atoms with Gasteiger partial charge in [-0.3, -0.25) is 4.79 Å². The smallest absolute Gasteiger partial charge is 0.223 e. The fourth-order valence-corrected chi connectivity index (χ4v) is 3.43. The van der Waals surface area contributed by atoms with Crippen molar-refractivity contribution in [2.24, 2.45) is 0 Å². The Labute approximate surface area is 160 Å². The van der Waals surface area contributed by atoms with Gasteiger partial charge in [0.15, 0.2) is 0 Å². The zero-order valence-electron chi connectivity index (χ0n) is 15.8. The summed E-state index contributed by atoms with van der Waals surface area (Å²) < 4.78 is 0. The number of carbonyl (C=O) groups is 1. The van der Waals surface area contributed by atoms with Gasteiger partial charge in [-0.25, -0.2) is 0 Å². The topological polar surface area (TPSA) is 72.8 Å². The molecule has 1 aliphatic heterocycles. The molecule has 2 atom stereocenters. The molecule has 3 N–H and O–H groups in total. The van der Waals surface area contributed by atoms with Crippen LogP contribution < -0.4 is 5.32 Å². The summed E-state index contributed by atoms with van der Waals surface area (Å²) in [6.07, 6.45) is 0.101. The molecule has 0 radical (unpaired) electrons. The summed E-state index contributed by atoms with van der Waals surface area (Å²) in [6.45, 7) is 3.22. The molecule has 0 aliphatic carbocycles. The van der Waals surface area contributed by atoms with E-state index in [1.807, 2.05) is 61.5 Å². The monoisotopic (exact) mass is 368 g/mol. The van der Waals surface area contributed by atoms with Gasteiger partial charge in [-0.15, -0.1) is 0 Å². The van der Waals surface area contributed by atoms with E-state index < -0.39 is 11.7 Å². The second kappa shape index (κ2) is 8.65. The Balaban J connectivity index is 1.48. The molecule has 0 saturated carbocycles. The maximum absolute atomic E-state index is 12.5. The van der Waals surface area contributed by atoms with Crippen molar-refractivity contribution in [3.8, 4) is 0 Å². The van der Waals surface area contributed by atoms with Crippen molar-refractivity contribution in [3.63, 3.8) is 0 Å². The Bertz CT molecular complexity index is 748. The van der Waals surface area contributed by atoms with Gasteiger partial charge in [-0.2, -0.15) is 0 Å². The van der Waals surface area contributed by atoms with E-state index in [2.05, 4.69) is 5.32 Å². The number of nitrogens with one attached hydrogen (secondary N) is 1. The third-order valence-electron chi connectivity index (χ3n) is 5.18. The number of nitrogens with zero attached hydrogens (tertiary/aromatic N) is 1. The number of rotatable bonds is 7. The van der Waals surface area contributed by atoms with Crippen LogP contribution >= 0.6 is 0 Å². The van der Waals surface area contributed by atoms with Gasteiger partial charge in [-0.1, -0.05) is 60.2 Å². The highest BCUT2D eigenvalue weighted by Gasteiger charge is 2.45. The van der Waals surface area contributed by atoms with Crippen LogP contribution in [0.3, 0.4) is 0 Å². The van der Waals surface area contributed by atoms with Gasteiger partial charge in [0.1, 0.15) is 11.7 Å². The molecule has 5 nitrogen and oxygen atoms in total. The molecule has 1 fully saturated rings. The summed E-state index contributed by atoms with van der Waals surface area (Å²) in [7, 11) is 0. The van der Waals surface area contributed by atoms with E-state index in [-0.39, 0.29) is 25.5 Å². The number of hydrogen-bond acceptors (Lipinski definition) is 4. The molecule has 0 unspecified atom stereocenters. The Kier molecular flexibility index (Phi) is 6.26. The molecular weight excluding hydrogens is 340 g/mol. The van der Waals surface area contributed by atoms with Crippen LogP contribution in [0.4, 0.5) is 0 Å². The number of benzene rings is 2. The minimum Gasteiger partial charge on any atom is -0.388 e. The van der Waals surface area contributed by atoms with Gasteiger partial charge in [0.05, 0.1) is 6.54 Å². The fraction of sp³-hybridized carbons (Fsp3) is 0.409. The second-order valence-electron chi connectivity index (χ2n) is 7.47. The predicted molar refractivity (Wildman–Crippen MR) is 105 cm³/mol. The van der Waals surface area contributed by atoms with Crippen molar-refractivity contribution >= 4 is 5.91 Å². The largest absolute Gasteiger partial charge is 0.388 e. The van der Waals surface area contributed by atoms with Crippen molar-refractivity contribution in [3.05, 3.63) is 71.3 Å². The summed E-state index contributed by atoms with van der Waals surface area (Å²) in [5.41, 5.74) is 2.12. The van der Waals surface area contributed by atoms with E-state index in [1.165, 1.54) is 5.56 Å². The Morgan fingerprint density at radius 2 is 1.85 bits per heavy atom. The minimum absolute atomic E-state index is 0.0348. The summed E-state index contributed by atoms with van der Waals surface area (Å²) in [6, 6.07) is 18.0. The number of likely N-dealkylation sites (tertiary alicyclic amines) is 1. The molecule has 5 heteroatoms. The van der Waals surface area contributed by atoms with Crippen molar-refractivity contribution in [1.29, 1.82) is 0 Å². The Morgan fingerprint density at radius 1 is 1.15 bits per heavy atom. The number of amides is 1. The van der Waals surface area contributed by atoms with Crippen LogP contribution in [0, 0.1) is 6.92 Å². The van der Waals surface area contributed by atoms with Gasteiger partial charge in [-0.05, 0) is 24.5 Å². The highest BCUT2D eigenvalue weighted by atomic mass is 16.3. The molecule has 1 aliphatic rings. The first kappa shape index (κ1) is 19.5. The van der Waals surface area contributed by atoms with Crippen LogP contribution in [-0.4, -0.2) is 52.4 Å². The summed E-state index contributed by atoms with van der Waals surface area (Å²) >= 11 is 0. The Hall–Kier alpha value is -2.21. The van der Waals surface area contributed by atoms with E-state index >= 15 is 0 Å². The number of aryl methyl sites for hydroxylation is 2. The van der Waals surface area contributed by atoms with Crippen LogP contribution in [0.5, 0.6) is 0 Å². The average molecular weight is 368 g/mol. The van der Waals surface area contributed by atoms with E-state index in [9.17, 15) is 15.0 Å². The van der Waals surface area contributed by atoms with Crippen molar-refractivity contribution in [2.75, 3.05) is 19.6 Å². The molecule has 0 aromatic heterocycles. The zero-order chi connectivity index (χ0) is 19.3. The van der Waals surface area contributed by atoms with Gasteiger partial charge >= 0.3 is 0 Å². The van der Waals surface area contributed by atoms with Crippen molar-refractivity contribution in [2.45, 2.75) is 38.0 Å². The normalized spacial score (nSPS) is 22.2. The minimum atomic E-state index is -1.31. The van der Waals surface area contributed by atoms with Crippen LogP contribution in [0.1, 0.15) is 23.1 Å². The number of aliphatic hydroxyl groups excluding tert-OH is 1. The molecular formula is C22H28N2O3. The van der Waals surface area contributed by atoms with Crippen LogP contribution in [0.25, 0.3) is 0 Å².